The topological polar surface area (TPSA) is 40.1 Å². The van der Waals surface area contributed by atoms with Crippen molar-refractivity contribution in [1.29, 1.82) is 0 Å². The first-order chi connectivity index (χ1) is 5.06. The van der Waals surface area contributed by atoms with Crippen molar-refractivity contribution >= 4 is 5.97 Å². The number of carboxylic acid groups (broad SMARTS) is 1. The number of hydrogen-bond donors (Lipinski definition) is 0. The molecule has 0 radical (unpaired) electrons. The molecule has 0 aliphatic carbocycles. The molecule has 0 saturated carbocycles. The van der Waals surface area contributed by atoms with Crippen molar-refractivity contribution in [3.63, 3.8) is 0 Å². The van der Waals surface area contributed by atoms with Crippen LogP contribution in [0.1, 0.15) is 46.5 Å². The average Bonchev–Trinajstić information content (AvgIpc) is 2.00. The molecule has 0 aliphatic heterocycles. The van der Waals surface area contributed by atoms with Crippen LogP contribution < -0.4 is 34.7 Å². The molecule has 0 spiro atoms. The maximum absolute atomic E-state index is 10.6. The molecule has 66 valence electrons. The SMILES string of the molecule is CCCCC(C)(CC)C(=O)[O-].[Na+]. The first-order valence-corrected chi connectivity index (χ1v) is 4.28. The third kappa shape index (κ3) is 4.48. The number of aliphatic carboxylic acids is 1. The van der Waals surface area contributed by atoms with Gasteiger partial charge in [0.05, 0.1) is 0 Å². The predicted molar refractivity (Wildman–Crippen MR) is 42.9 cm³/mol. The number of carbonyl (C=O) groups is 1. The fourth-order valence-corrected chi connectivity index (χ4v) is 0.990. The van der Waals surface area contributed by atoms with Crippen LogP contribution in [0.5, 0.6) is 0 Å². The summed E-state index contributed by atoms with van der Waals surface area (Å²) in [5.74, 6) is -0.909. The minimum atomic E-state index is -0.909. The number of rotatable bonds is 5. The Morgan fingerprint density at radius 2 is 1.92 bits per heavy atom. The molecule has 0 aromatic carbocycles. The van der Waals surface area contributed by atoms with Crippen LogP contribution >= 0.6 is 0 Å². The van der Waals surface area contributed by atoms with E-state index in [-0.39, 0.29) is 29.6 Å². The van der Waals surface area contributed by atoms with Gasteiger partial charge in [0, 0.05) is 11.4 Å². The van der Waals surface area contributed by atoms with Crippen molar-refractivity contribution in [2.75, 3.05) is 0 Å². The third-order valence-electron chi connectivity index (χ3n) is 2.36. The molecule has 0 saturated heterocycles. The van der Waals surface area contributed by atoms with Crippen molar-refractivity contribution < 1.29 is 39.5 Å². The fraction of sp³-hybridized carbons (Fsp3) is 0.889. The van der Waals surface area contributed by atoms with E-state index in [9.17, 15) is 9.90 Å². The van der Waals surface area contributed by atoms with Gasteiger partial charge in [-0.2, -0.15) is 0 Å². The van der Waals surface area contributed by atoms with Crippen LogP contribution in [0.3, 0.4) is 0 Å². The van der Waals surface area contributed by atoms with Crippen LogP contribution in [0.15, 0.2) is 0 Å². The van der Waals surface area contributed by atoms with E-state index in [1.54, 1.807) is 6.92 Å². The Kier molecular flexibility index (Phi) is 8.64. The molecular weight excluding hydrogens is 163 g/mol. The molecule has 2 nitrogen and oxygen atoms in total. The van der Waals surface area contributed by atoms with Gasteiger partial charge in [-0.3, -0.25) is 0 Å². The van der Waals surface area contributed by atoms with Crippen LogP contribution in [0, 0.1) is 5.41 Å². The Hall–Kier alpha value is 0.470. The second-order valence-electron chi connectivity index (χ2n) is 3.31. The minimum Gasteiger partial charge on any atom is -0.550 e. The number of carboxylic acids is 1. The molecule has 1 unspecified atom stereocenters. The molecule has 0 aliphatic rings. The molecule has 0 bridgehead atoms. The van der Waals surface area contributed by atoms with Gasteiger partial charge in [-0.25, -0.2) is 0 Å². The van der Waals surface area contributed by atoms with Crippen LogP contribution in [0.4, 0.5) is 0 Å². The summed E-state index contributed by atoms with van der Waals surface area (Å²) in [5, 5.41) is 10.6. The van der Waals surface area contributed by atoms with E-state index in [2.05, 4.69) is 6.92 Å². The molecule has 0 N–H and O–H groups in total. The van der Waals surface area contributed by atoms with Gasteiger partial charge in [-0.1, -0.05) is 33.6 Å². The molecule has 0 aromatic heterocycles. The second kappa shape index (κ2) is 6.93. The summed E-state index contributed by atoms with van der Waals surface area (Å²) in [5.41, 5.74) is -0.601. The second-order valence-corrected chi connectivity index (χ2v) is 3.31. The van der Waals surface area contributed by atoms with E-state index in [4.69, 9.17) is 0 Å². The quantitative estimate of drug-likeness (QED) is 0.475. The van der Waals surface area contributed by atoms with Gasteiger partial charge >= 0.3 is 29.6 Å². The zero-order valence-corrected chi connectivity index (χ0v) is 10.6. The molecule has 0 rings (SSSR count). The standard InChI is InChI=1S/C9H18O2.Na/c1-4-6-7-9(3,5-2)8(10)11;/h4-7H2,1-3H3,(H,10,11);/q;+1/p-1. The minimum absolute atomic E-state index is 0. The van der Waals surface area contributed by atoms with E-state index in [1.165, 1.54) is 0 Å². The molecule has 1 atom stereocenters. The zero-order chi connectivity index (χ0) is 8.91. The van der Waals surface area contributed by atoms with Gasteiger partial charge in [0.25, 0.3) is 0 Å². The van der Waals surface area contributed by atoms with Crippen LogP contribution in [-0.4, -0.2) is 5.97 Å². The van der Waals surface area contributed by atoms with E-state index in [0.29, 0.717) is 6.42 Å². The monoisotopic (exact) mass is 180 g/mol. The smallest absolute Gasteiger partial charge is 0.550 e. The first kappa shape index (κ1) is 15.0. The number of unbranched alkanes of at least 4 members (excludes halogenated alkanes) is 1. The van der Waals surface area contributed by atoms with Crippen molar-refractivity contribution in [3.05, 3.63) is 0 Å². The molecule has 0 heterocycles. The predicted octanol–water partition coefficient (Wildman–Crippen LogP) is -1.65. The Morgan fingerprint density at radius 1 is 1.42 bits per heavy atom. The molecule has 0 aromatic rings. The van der Waals surface area contributed by atoms with E-state index >= 15 is 0 Å². The maximum atomic E-state index is 10.6. The summed E-state index contributed by atoms with van der Waals surface area (Å²) in [7, 11) is 0. The Morgan fingerprint density at radius 3 is 2.17 bits per heavy atom. The Bertz CT molecular complexity index is 136. The van der Waals surface area contributed by atoms with Crippen molar-refractivity contribution in [2.24, 2.45) is 5.41 Å². The van der Waals surface area contributed by atoms with Gasteiger partial charge in [-0.15, -0.1) is 0 Å². The Labute approximate surface area is 97.0 Å². The van der Waals surface area contributed by atoms with E-state index in [0.717, 1.165) is 19.3 Å². The molecule has 3 heteroatoms. The Balaban J connectivity index is 0. The van der Waals surface area contributed by atoms with Crippen molar-refractivity contribution in [2.45, 2.75) is 46.5 Å². The summed E-state index contributed by atoms with van der Waals surface area (Å²) in [4.78, 5) is 10.6. The summed E-state index contributed by atoms with van der Waals surface area (Å²) >= 11 is 0. The van der Waals surface area contributed by atoms with Crippen LogP contribution in [0.2, 0.25) is 0 Å². The summed E-state index contributed by atoms with van der Waals surface area (Å²) in [6.45, 7) is 5.72. The van der Waals surface area contributed by atoms with Crippen molar-refractivity contribution in [3.8, 4) is 0 Å². The molecule has 12 heavy (non-hydrogen) atoms. The van der Waals surface area contributed by atoms with Crippen LogP contribution in [0.25, 0.3) is 0 Å². The third-order valence-corrected chi connectivity index (χ3v) is 2.36. The van der Waals surface area contributed by atoms with Gasteiger partial charge in [-0.05, 0) is 12.8 Å². The van der Waals surface area contributed by atoms with Gasteiger partial charge < -0.3 is 9.90 Å². The largest absolute Gasteiger partial charge is 1.00 e. The van der Waals surface area contributed by atoms with Gasteiger partial charge in [0.2, 0.25) is 0 Å². The van der Waals surface area contributed by atoms with E-state index < -0.39 is 11.4 Å². The number of hydrogen-bond acceptors (Lipinski definition) is 2. The van der Waals surface area contributed by atoms with Gasteiger partial charge in [0.1, 0.15) is 0 Å². The summed E-state index contributed by atoms with van der Waals surface area (Å²) < 4.78 is 0. The average molecular weight is 180 g/mol. The fourth-order valence-electron chi connectivity index (χ4n) is 0.990. The van der Waals surface area contributed by atoms with Crippen LogP contribution in [-0.2, 0) is 4.79 Å². The maximum Gasteiger partial charge on any atom is 1.00 e. The number of carbonyl (C=O) groups excluding carboxylic acids is 1. The summed E-state index contributed by atoms with van der Waals surface area (Å²) in [6.07, 6.45) is 3.42. The normalized spacial score (nSPS) is 14.6. The van der Waals surface area contributed by atoms with Crippen molar-refractivity contribution in [1.82, 2.24) is 0 Å². The molecule has 0 fully saturated rings. The van der Waals surface area contributed by atoms with Gasteiger partial charge in [0.15, 0.2) is 0 Å². The molecular formula is C9H17NaO2. The zero-order valence-electron chi connectivity index (χ0n) is 8.64. The summed E-state index contributed by atoms with van der Waals surface area (Å²) in [6, 6.07) is 0. The van der Waals surface area contributed by atoms with E-state index in [1.807, 2.05) is 6.92 Å². The molecule has 0 amide bonds. The first-order valence-electron chi connectivity index (χ1n) is 4.28.